The van der Waals surface area contributed by atoms with Crippen LogP contribution in [-0.2, 0) is 0 Å². The Kier molecular flexibility index (Phi) is 4.39. The van der Waals surface area contributed by atoms with Crippen LogP contribution in [0.25, 0.3) is 0 Å². The van der Waals surface area contributed by atoms with Crippen molar-refractivity contribution in [1.29, 1.82) is 0 Å². The maximum Gasteiger partial charge on any atom is 0.250 e. The van der Waals surface area contributed by atoms with E-state index in [4.69, 9.17) is 23.7 Å². The first-order chi connectivity index (χ1) is 7.91. The van der Waals surface area contributed by atoms with Gasteiger partial charge in [-0.25, -0.2) is 4.98 Å². The molecular weight excluding hydrogens is 236 g/mol. The summed E-state index contributed by atoms with van der Waals surface area (Å²) < 4.78 is 0. The Morgan fingerprint density at radius 3 is 2.59 bits per heavy atom. The molecule has 0 spiro atoms. The van der Waals surface area contributed by atoms with Crippen LogP contribution in [-0.4, -0.2) is 29.5 Å². The van der Waals surface area contributed by atoms with E-state index in [1.54, 1.807) is 12.1 Å². The summed E-state index contributed by atoms with van der Waals surface area (Å²) in [5, 5.41) is 0. The van der Waals surface area contributed by atoms with Gasteiger partial charge in [0.2, 0.25) is 5.91 Å². The lowest BCUT2D eigenvalue weighted by atomic mass is 10.1. The number of rotatable bonds is 5. The fraction of sp³-hybridized carbons (Fsp3) is 0.364. The Balaban J connectivity index is 2.73. The van der Waals surface area contributed by atoms with Crippen LogP contribution in [0.1, 0.15) is 17.3 Å². The van der Waals surface area contributed by atoms with Crippen LogP contribution in [0.2, 0.25) is 0 Å². The summed E-state index contributed by atoms with van der Waals surface area (Å²) in [5.74, 6) is 0.369. The van der Waals surface area contributed by atoms with Gasteiger partial charge in [-0.05, 0) is 12.1 Å². The van der Waals surface area contributed by atoms with Gasteiger partial charge in [0.05, 0.1) is 10.6 Å². The average Bonchev–Trinajstić information content (AvgIpc) is 2.28. The zero-order valence-corrected chi connectivity index (χ0v) is 10.7. The van der Waals surface area contributed by atoms with Crippen LogP contribution in [0, 0.1) is 5.92 Å². The smallest absolute Gasteiger partial charge is 0.250 e. The number of hydrogen-bond donors (Lipinski definition) is 2. The van der Waals surface area contributed by atoms with Crippen LogP contribution in [0.15, 0.2) is 18.3 Å². The van der Waals surface area contributed by atoms with E-state index in [-0.39, 0.29) is 5.92 Å². The molecule has 0 aliphatic carbocycles. The topological polar surface area (TPSA) is 85.2 Å². The molecule has 0 bridgehead atoms. The maximum atomic E-state index is 10.9. The summed E-state index contributed by atoms with van der Waals surface area (Å²) in [7, 11) is 1.89. The molecule has 6 heteroatoms. The molecule has 0 aromatic carbocycles. The van der Waals surface area contributed by atoms with Crippen LogP contribution in [0.3, 0.4) is 0 Å². The highest BCUT2D eigenvalue weighted by molar-refractivity contribution is 7.80. The molecule has 92 valence electrons. The minimum Gasteiger partial charge on any atom is -0.393 e. The Labute approximate surface area is 106 Å². The Morgan fingerprint density at radius 2 is 2.18 bits per heavy atom. The molecule has 0 saturated heterocycles. The van der Waals surface area contributed by atoms with E-state index in [2.05, 4.69) is 4.98 Å². The van der Waals surface area contributed by atoms with Crippen molar-refractivity contribution in [2.24, 2.45) is 17.4 Å². The molecule has 0 aliphatic rings. The first-order valence-corrected chi connectivity index (χ1v) is 5.59. The third-order valence-electron chi connectivity index (χ3n) is 2.46. The molecule has 1 aromatic heterocycles. The Morgan fingerprint density at radius 1 is 1.53 bits per heavy atom. The minimum absolute atomic E-state index is 0.104. The molecule has 1 heterocycles. The molecular formula is C11H16N4OS. The SMILES string of the molecule is CC(CN(C)c1ccc(C(N)=O)cn1)C(N)=S. The number of hydrogen-bond acceptors (Lipinski definition) is 4. The van der Waals surface area contributed by atoms with Gasteiger partial charge in [-0.2, -0.15) is 0 Å². The average molecular weight is 252 g/mol. The van der Waals surface area contributed by atoms with E-state index in [1.165, 1.54) is 6.20 Å². The van der Waals surface area contributed by atoms with Crippen LogP contribution in [0.5, 0.6) is 0 Å². The van der Waals surface area contributed by atoms with Crippen molar-refractivity contribution in [2.45, 2.75) is 6.92 Å². The molecule has 0 radical (unpaired) electrons. The maximum absolute atomic E-state index is 10.9. The third kappa shape index (κ3) is 3.67. The Hall–Kier alpha value is -1.69. The largest absolute Gasteiger partial charge is 0.393 e. The molecule has 1 atom stereocenters. The number of amides is 1. The van der Waals surface area contributed by atoms with Crippen molar-refractivity contribution in [3.63, 3.8) is 0 Å². The first-order valence-electron chi connectivity index (χ1n) is 5.18. The monoisotopic (exact) mass is 252 g/mol. The van der Waals surface area contributed by atoms with Gasteiger partial charge in [0.25, 0.3) is 0 Å². The molecule has 1 unspecified atom stereocenters. The van der Waals surface area contributed by atoms with Crippen LogP contribution >= 0.6 is 12.2 Å². The number of carbonyl (C=O) groups excluding carboxylic acids is 1. The van der Waals surface area contributed by atoms with Gasteiger partial charge in [-0.15, -0.1) is 0 Å². The number of pyridine rings is 1. The number of carbonyl (C=O) groups is 1. The number of thiocarbonyl (C=S) groups is 1. The fourth-order valence-corrected chi connectivity index (χ4v) is 1.43. The first kappa shape index (κ1) is 13.4. The normalized spacial score (nSPS) is 11.9. The van der Waals surface area contributed by atoms with Gasteiger partial charge in [0.1, 0.15) is 5.82 Å². The molecule has 5 nitrogen and oxygen atoms in total. The molecule has 1 rings (SSSR count). The number of nitrogens with two attached hydrogens (primary N) is 2. The van der Waals surface area contributed by atoms with Gasteiger partial charge in [-0.1, -0.05) is 19.1 Å². The van der Waals surface area contributed by atoms with E-state index in [0.717, 1.165) is 5.82 Å². The standard InChI is InChI=1S/C11H16N4OS/c1-7(11(13)17)6-15(2)9-4-3-8(5-14-9)10(12)16/h3-5,7H,6H2,1-2H3,(H2,12,16)(H2,13,17). The number of aromatic nitrogens is 1. The van der Waals surface area contributed by atoms with Crippen molar-refractivity contribution in [3.8, 4) is 0 Å². The molecule has 1 amide bonds. The van der Waals surface area contributed by atoms with Crippen molar-refractivity contribution < 1.29 is 4.79 Å². The van der Waals surface area contributed by atoms with Gasteiger partial charge >= 0.3 is 0 Å². The lowest BCUT2D eigenvalue weighted by molar-refractivity contribution is 0.1000. The molecule has 0 saturated carbocycles. The lowest BCUT2D eigenvalue weighted by Crippen LogP contribution is -2.31. The predicted molar refractivity (Wildman–Crippen MR) is 72.0 cm³/mol. The Bertz CT molecular complexity index is 418. The second-order valence-corrected chi connectivity index (χ2v) is 4.42. The highest BCUT2D eigenvalue weighted by Gasteiger charge is 2.10. The van der Waals surface area contributed by atoms with E-state index in [9.17, 15) is 4.79 Å². The summed E-state index contributed by atoms with van der Waals surface area (Å²) in [6.07, 6.45) is 1.46. The zero-order valence-electron chi connectivity index (χ0n) is 9.88. The highest BCUT2D eigenvalue weighted by Crippen LogP contribution is 2.11. The molecule has 0 aliphatic heterocycles. The van der Waals surface area contributed by atoms with E-state index in [0.29, 0.717) is 17.1 Å². The molecule has 1 aromatic rings. The van der Waals surface area contributed by atoms with Crippen molar-refractivity contribution >= 4 is 28.9 Å². The second-order valence-electron chi connectivity index (χ2n) is 3.95. The lowest BCUT2D eigenvalue weighted by Gasteiger charge is -2.21. The highest BCUT2D eigenvalue weighted by atomic mass is 32.1. The molecule has 4 N–H and O–H groups in total. The molecule has 17 heavy (non-hydrogen) atoms. The van der Waals surface area contributed by atoms with E-state index in [1.807, 2.05) is 18.9 Å². The predicted octanol–water partition coefficient (Wildman–Crippen LogP) is 0.539. The van der Waals surface area contributed by atoms with Crippen molar-refractivity contribution in [3.05, 3.63) is 23.9 Å². The summed E-state index contributed by atoms with van der Waals surface area (Å²) in [6.45, 7) is 2.63. The van der Waals surface area contributed by atoms with Crippen molar-refractivity contribution in [1.82, 2.24) is 4.98 Å². The van der Waals surface area contributed by atoms with Crippen LogP contribution in [0.4, 0.5) is 5.82 Å². The second kappa shape index (κ2) is 5.58. The quantitative estimate of drug-likeness (QED) is 0.747. The summed E-state index contributed by atoms with van der Waals surface area (Å²) in [6, 6.07) is 3.39. The summed E-state index contributed by atoms with van der Waals surface area (Å²) in [5.41, 5.74) is 11.1. The summed E-state index contributed by atoms with van der Waals surface area (Å²) >= 11 is 4.91. The van der Waals surface area contributed by atoms with Gasteiger partial charge in [0.15, 0.2) is 0 Å². The zero-order chi connectivity index (χ0) is 13.0. The summed E-state index contributed by atoms with van der Waals surface area (Å²) in [4.78, 5) is 17.4. The minimum atomic E-state index is -0.483. The van der Waals surface area contributed by atoms with Crippen molar-refractivity contribution in [2.75, 3.05) is 18.5 Å². The number of primary amides is 1. The van der Waals surface area contributed by atoms with E-state index < -0.39 is 5.91 Å². The van der Waals surface area contributed by atoms with Gasteiger partial charge in [0, 0.05) is 25.7 Å². The number of anilines is 1. The van der Waals surface area contributed by atoms with Crippen LogP contribution < -0.4 is 16.4 Å². The fourth-order valence-electron chi connectivity index (χ4n) is 1.35. The van der Waals surface area contributed by atoms with Gasteiger partial charge < -0.3 is 16.4 Å². The third-order valence-corrected chi connectivity index (χ3v) is 2.86. The van der Waals surface area contributed by atoms with Gasteiger partial charge in [-0.3, -0.25) is 4.79 Å². The molecule has 0 fully saturated rings. The number of nitrogens with zero attached hydrogens (tertiary/aromatic N) is 2. The van der Waals surface area contributed by atoms with E-state index >= 15 is 0 Å².